The van der Waals surface area contributed by atoms with Crippen LogP contribution in [0.2, 0.25) is 0 Å². The quantitative estimate of drug-likeness (QED) is 0.543. The largest absolute Gasteiger partial charge is 0.299 e. The number of hydrogen-bond donors (Lipinski definition) is 2. The van der Waals surface area contributed by atoms with Gasteiger partial charge in [0.25, 0.3) is 5.91 Å². The van der Waals surface area contributed by atoms with E-state index in [1.54, 1.807) is 0 Å². The predicted molar refractivity (Wildman–Crippen MR) is 50.7 cm³/mol. The summed E-state index contributed by atoms with van der Waals surface area (Å²) < 4.78 is 0. The summed E-state index contributed by atoms with van der Waals surface area (Å²) in [6.45, 7) is 0. The first kappa shape index (κ1) is 9.94. The number of aromatic nitrogens is 2. The third-order valence-corrected chi connectivity index (χ3v) is 1.82. The van der Waals surface area contributed by atoms with Crippen molar-refractivity contribution in [3.8, 4) is 0 Å². The van der Waals surface area contributed by atoms with Gasteiger partial charge in [-0.2, -0.15) is 0 Å². The number of halogens is 1. The van der Waals surface area contributed by atoms with Crippen molar-refractivity contribution < 1.29 is 4.79 Å². The van der Waals surface area contributed by atoms with E-state index in [9.17, 15) is 4.79 Å². The summed E-state index contributed by atoms with van der Waals surface area (Å²) >= 11 is 0. The maximum absolute atomic E-state index is 11.2. The molecule has 7 heteroatoms. The maximum Gasteiger partial charge on any atom is 0.277 e. The SMILES string of the molecule is N=C(NC(=O)c1cnccn1)SCl. The van der Waals surface area contributed by atoms with Crippen molar-refractivity contribution in [3.63, 3.8) is 0 Å². The van der Waals surface area contributed by atoms with E-state index in [4.69, 9.17) is 16.1 Å². The Hall–Kier alpha value is -1.14. The normalized spacial score (nSPS) is 9.31. The lowest BCUT2D eigenvalue weighted by Gasteiger charge is -2.00. The Morgan fingerprint density at radius 3 is 2.92 bits per heavy atom. The minimum absolute atomic E-state index is 0.141. The van der Waals surface area contributed by atoms with Crippen LogP contribution < -0.4 is 5.32 Å². The molecule has 13 heavy (non-hydrogen) atoms. The molecule has 2 N–H and O–H groups in total. The molecule has 0 bridgehead atoms. The lowest BCUT2D eigenvalue weighted by molar-refractivity contribution is 0.0972. The Balaban J connectivity index is 2.65. The molecular weight excluding hydrogens is 212 g/mol. The average Bonchev–Trinajstić information content (AvgIpc) is 2.19. The molecule has 1 rings (SSSR count). The Labute approximate surface area is 82.9 Å². The summed E-state index contributed by atoms with van der Waals surface area (Å²) in [6, 6.07) is 0. The zero-order valence-corrected chi connectivity index (χ0v) is 7.89. The molecule has 0 radical (unpaired) electrons. The van der Waals surface area contributed by atoms with Crippen LogP contribution in [-0.2, 0) is 0 Å². The topological polar surface area (TPSA) is 78.7 Å². The molecule has 5 nitrogen and oxygen atoms in total. The Morgan fingerprint density at radius 2 is 2.38 bits per heavy atom. The van der Waals surface area contributed by atoms with Crippen molar-refractivity contribution >= 4 is 32.7 Å². The first-order valence-corrected chi connectivity index (χ1v) is 4.83. The van der Waals surface area contributed by atoms with Gasteiger partial charge in [-0.15, -0.1) is 0 Å². The second kappa shape index (κ2) is 4.78. The molecule has 0 spiro atoms. The molecule has 68 valence electrons. The van der Waals surface area contributed by atoms with Gasteiger partial charge in [-0.05, 0) is 10.7 Å². The molecule has 0 aromatic carbocycles. The summed E-state index contributed by atoms with van der Waals surface area (Å²) in [5.41, 5.74) is 0.151. The number of amides is 1. The van der Waals surface area contributed by atoms with Crippen LogP contribution in [0.25, 0.3) is 0 Å². The van der Waals surface area contributed by atoms with Crippen molar-refractivity contribution in [3.05, 3.63) is 24.3 Å². The summed E-state index contributed by atoms with van der Waals surface area (Å²) in [4.78, 5) is 18.6. The molecule has 0 aliphatic carbocycles. The van der Waals surface area contributed by atoms with E-state index in [0.717, 1.165) is 0 Å². The summed E-state index contributed by atoms with van der Waals surface area (Å²) in [5.74, 6) is -0.494. The maximum atomic E-state index is 11.2. The number of nitrogens with zero attached hydrogens (tertiary/aromatic N) is 2. The van der Waals surface area contributed by atoms with Gasteiger partial charge in [0.2, 0.25) is 0 Å². The van der Waals surface area contributed by atoms with Crippen molar-refractivity contribution in [1.82, 2.24) is 15.3 Å². The van der Waals surface area contributed by atoms with Gasteiger partial charge < -0.3 is 0 Å². The number of carbonyl (C=O) groups is 1. The number of rotatable bonds is 1. The first-order valence-electron chi connectivity index (χ1n) is 3.18. The molecule has 1 amide bonds. The van der Waals surface area contributed by atoms with Crippen LogP contribution in [0.4, 0.5) is 0 Å². The predicted octanol–water partition coefficient (Wildman–Crippen LogP) is 1.03. The molecule has 1 heterocycles. The molecule has 0 aliphatic rings. The van der Waals surface area contributed by atoms with Crippen molar-refractivity contribution in [1.29, 1.82) is 5.41 Å². The number of amidine groups is 1. The smallest absolute Gasteiger partial charge is 0.277 e. The van der Waals surface area contributed by atoms with Crippen LogP contribution in [0, 0.1) is 5.41 Å². The van der Waals surface area contributed by atoms with Crippen molar-refractivity contribution in [2.45, 2.75) is 0 Å². The standard InChI is InChI=1S/C6H5ClN4OS/c7-13-6(8)11-5(12)4-3-9-1-2-10-4/h1-3H,(H2,8,11,12). The Morgan fingerprint density at radius 1 is 1.62 bits per heavy atom. The van der Waals surface area contributed by atoms with Gasteiger partial charge >= 0.3 is 0 Å². The fraction of sp³-hybridized carbons (Fsp3) is 0. The molecule has 0 atom stereocenters. The van der Waals surface area contributed by atoms with E-state index >= 15 is 0 Å². The summed E-state index contributed by atoms with van der Waals surface area (Å²) in [7, 11) is 5.85. The van der Waals surface area contributed by atoms with Crippen LogP contribution >= 0.6 is 21.7 Å². The van der Waals surface area contributed by atoms with E-state index in [1.807, 2.05) is 0 Å². The van der Waals surface area contributed by atoms with E-state index < -0.39 is 5.91 Å². The van der Waals surface area contributed by atoms with Crippen LogP contribution in [-0.4, -0.2) is 21.0 Å². The number of carbonyl (C=O) groups excluding carboxylic acids is 1. The van der Waals surface area contributed by atoms with Gasteiger partial charge in [-0.1, -0.05) is 0 Å². The highest BCUT2D eigenvalue weighted by Crippen LogP contribution is 2.05. The van der Waals surface area contributed by atoms with Crippen molar-refractivity contribution in [2.24, 2.45) is 0 Å². The van der Waals surface area contributed by atoms with Gasteiger partial charge in [0.05, 0.1) is 6.20 Å². The lowest BCUT2D eigenvalue weighted by atomic mass is 10.4. The van der Waals surface area contributed by atoms with Crippen molar-refractivity contribution in [2.75, 3.05) is 0 Å². The third kappa shape index (κ3) is 3.00. The molecule has 1 aromatic rings. The number of nitrogens with one attached hydrogen (secondary N) is 2. The monoisotopic (exact) mass is 216 g/mol. The highest BCUT2D eigenvalue weighted by molar-refractivity contribution is 8.32. The Bertz CT molecular complexity index is 318. The van der Waals surface area contributed by atoms with Gasteiger partial charge in [-0.3, -0.25) is 20.5 Å². The molecule has 0 saturated heterocycles. The van der Waals surface area contributed by atoms with Gasteiger partial charge in [0.15, 0.2) is 5.17 Å². The van der Waals surface area contributed by atoms with Crippen LogP contribution in [0.1, 0.15) is 10.5 Å². The van der Waals surface area contributed by atoms with Gasteiger partial charge in [-0.25, -0.2) is 4.98 Å². The second-order valence-electron chi connectivity index (χ2n) is 1.95. The fourth-order valence-electron chi connectivity index (χ4n) is 0.603. The highest BCUT2D eigenvalue weighted by atomic mass is 35.7. The molecule has 0 saturated carbocycles. The van der Waals surface area contributed by atoms with Crippen LogP contribution in [0.15, 0.2) is 18.6 Å². The van der Waals surface area contributed by atoms with E-state index in [-0.39, 0.29) is 10.9 Å². The summed E-state index contributed by atoms with van der Waals surface area (Å²) in [6.07, 6.45) is 4.16. The van der Waals surface area contributed by atoms with Gasteiger partial charge in [0.1, 0.15) is 5.69 Å². The number of hydrogen-bond acceptors (Lipinski definition) is 5. The molecule has 0 unspecified atom stereocenters. The average molecular weight is 217 g/mol. The van der Waals surface area contributed by atoms with Gasteiger partial charge in [0, 0.05) is 23.4 Å². The molecule has 0 fully saturated rings. The van der Waals surface area contributed by atoms with Crippen LogP contribution in [0.3, 0.4) is 0 Å². The third-order valence-electron chi connectivity index (χ3n) is 1.10. The second-order valence-corrected chi connectivity index (χ2v) is 2.98. The van der Waals surface area contributed by atoms with E-state index in [1.165, 1.54) is 18.6 Å². The first-order chi connectivity index (χ1) is 6.24. The summed E-state index contributed by atoms with van der Waals surface area (Å²) in [5, 5.41) is 9.15. The molecular formula is C6H5ClN4OS. The van der Waals surface area contributed by atoms with E-state index in [2.05, 4.69) is 15.3 Å². The van der Waals surface area contributed by atoms with Crippen LogP contribution in [0.5, 0.6) is 0 Å². The fourth-order valence-corrected chi connectivity index (χ4v) is 0.850. The minimum Gasteiger partial charge on any atom is -0.299 e. The molecule has 1 aromatic heterocycles. The zero-order valence-electron chi connectivity index (χ0n) is 6.32. The zero-order chi connectivity index (χ0) is 9.68. The molecule has 0 aliphatic heterocycles. The minimum atomic E-state index is -0.494. The Kier molecular flexibility index (Phi) is 3.66. The lowest BCUT2D eigenvalue weighted by Crippen LogP contribution is -2.27. The van der Waals surface area contributed by atoms with E-state index in [0.29, 0.717) is 11.0 Å². The highest BCUT2D eigenvalue weighted by Gasteiger charge is 2.08.